The normalized spacial score (nSPS) is 27.1. The molecule has 0 atom stereocenters. The molecule has 0 amide bonds. The zero-order valence-electron chi connectivity index (χ0n) is 20.0. The van der Waals surface area contributed by atoms with E-state index in [9.17, 15) is 0 Å². The molecule has 0 saturated heterocycles. The van der Waals surface area contributed by atoms with E-state index in [4.69, 9.17) is 4.74 Å². The van der Waals surface area contributed by atoms with Crippen LogP contribution in [0.25, 0.3) is 0 Å². The molecular weight excluding hydrogens is 364 g/mol. The minimum Gasteiger partial charge on any atom is -0.494 e. The summed E-state index contributed by atoms with van der Waals surface area (Å²) in [6, 6.07) is 9.12. The molecular formula is C29H48O. The molecule has 2 saturated carbocycles. The van der Waals surface area contributed by atoms with Crippen molar-refractivity contribution in [1.29, 1.82) is 0 Å². The number of ether oxygens (including phenoxy) is 1. The third kappa shape index (κ3) is 8.27. The van der Waals surface area contributed by atoms with E-state index in [1.54, 1.807) is 5.56 Å². The molecule has 0 spiro atoms. The van der Waals surface area contributed by atoms with Crippen LogP contribution in [0.3, 0.4) is 0 Å². The van der Waals surface area contributed by atoms with E-state index >= 15 is 0 Å². The minimum absolute atomic E-state index is 0.782. The molecule has 1 heteroatoms. The average Bonchev–Trinajstić information content (AvgIpc) is 2.79. The lowest BCUT2D eigenvalue weighted by Crippen LogP contribution is -2.13. The molecule has 2 aliphatic rings. The Morgan fingerprint density at radius 1 is 0.700 bits per heavy atom. The highest BCUT2D eigenvalue weighted by molar-refractivity contribution is 5.29. The van der Waals surface area contributed by atoms with Gasteiger partial charge in [0.1, 0.15) is 5.75 Å². The van der Waals surface area contributed by atoms with Crippen molar-refractivity contribution in [3.8, 4) is 5.75 Å². The van der Waals surface area contributed by atoms with Gasteiger partial charge in [0.2, 0.25) is 0 Å². The zero-order valence-corrected chi connectivity index (χ0v) is 20.0. The summed E-state index contributed by atoms with van der Waals surface area (Å²) in [7, 11) is 0. The first-order valence-electron chi connectivity index (χ1n) is 13.5. The second kappa shape index (κ2) is 13.4. The van der Waals surface area contributed by atoms with Gasteiger partial charge in [0.15, 0.2) is 0 Å². The number of hydrogen-bond donors (Lipinski definition) is 0. The standard InChI is InChI=1S/C29H48O/c1-3-4-5-6-7-9-25-15-17-27(18-16-25)28-19-21-29(22-20-28)30-23-8-10-26-13-11-24(2)12-14-26/h19-22,24-27H,3-18,23H2,1-2H3. The second-order valence-electron chi connectivity index (χ2n) is 10.6. The fourth-order valence-electron chi connectivity index (χ4n) is 5.84. The highest BCUT2D eigenvalue weighted by atomic mass is 16.5. The van der Waals surface area contributed by atoms with Gasteiger partial charge in [0, 0.05) is 0 Å². The lowest BCUT2D eigenvalue weighted by molar-refractivity contribution is 0.245. The molecule has 2 fully saturated rings. The molecule has 1 aromatic carbocycles. The van der Waals surface area contributed by atoms with Crippen molar-refractivity contribution >= 4 is 0 Å². The van der Waals surface area contributed by atoms with E-state index < -0.39 is 0 Å². The quantitative estimate of drug-likeness (QED) is 0.311. The molecule has 0 unspecified atom stereocenters. The average molecular weight is 413 g/mol. The Kier molecular flexibility index (Phi) is 10.6. The molecule has 0 aliphatic heterocycles. The minimum atomic E-state index is 0.782. The molecule has 170 valence electrons. The van der Waals surface area contributed by atoms with Crippen LogP contribution in [0.15, 0.2) is 24.3 Å². The monoisotopic (exact) mass is 412 g/mol. The largest absolute Gasteiger partial charge is 0.494 e. The lowest BCUT2D eigenvalue weighted by Gasteiger charge is -2.29. The molecule has 1 nitrogen and oxygen atoms in total. The van der Waals surface area contributed by atoms with E-state index in [0.717, 1.165) is 36.0 Å². The van der Waals surface area contributed by atoms with Crippen molar-refractivity contribution in [3.05, 3.63) is 29.8 Å². The summed E-state index contributed by atoms with van der Waals surface area (Å²) in [5.41, 5.74) is 1.54. The fourth-order valence-corrected chi connectivity index (χ4v) is 5.84. The molecule has 0 heterocycles. The summed E-state index contributed by atoms with van der Waals surface area (Å²) in [6.45, 7) is 5.59. The van der Waals surface area contributed by atoms with Crippen LogP contribution in [0.5, 0.6) is 5.75 Å². The molecule has 0 bridgehead atoms. The third-order valence-electron chi connectivity index (χ3n) is 8.08. The predicted molar refractivity (Wildman–Crippen MR) is 130 cm³/mol. The van der Waals surface area contributed by atoms with Gasteiger partial charge in [-0.05, 0) is 79.9 Å². The third-order valence-corrected chi connectivity index (χ3v) is 8.08. The summed E-state index contributed by atoms with van der Waals surface area (Å²) in [5, 5.41) is 0. The van der Waals surface area contributed by atoms with E-state index in [1.165, 1.54) is 103 Å². The summed E-state index contributed by atoms with van der Waals surface area (Å²) in [6.07, 6.45) is 22.6. The fraction of sp³-hybridized carbons (Fsp3) is 0.793. The predicted octanol–water partition coefficient (Wildman–Crippen LogP) is 9.31. The van der Waals surface area contributed by atoms with Crippen molar-refractivity contribution in [1.82, 2.24) is 0 Å². The Hall–Kier alpha value is -0.980. The van der Waals surface area contributed by atoms with Crippen LogP contribution < -0.4 is 4.74 Å². The Morgan fingerprint density at radius 3 is 1.97 bits per heavy atom. The number of hydrogen-bond acceptors (Lipinski definition) is 1. The van der Waals surface area contributed by atoms with Gasteiger partial charge < -0.3 is 4.74 Å². The highest BCUT2D eigenvalue weighted by Gasteiger charge is 2.22. The van der Waals surface area contributed by atoms with Crippen molar-refractivity contribution in [3.63, 3.8) is 0 Å². The highest BCUT2D eigenvalue weighted by Crippen LogP contribution is 2.38. The lowest BCUT2D eigenvalue weighted by atomic mass is 9.77. The van der Waals surface area contributed by atoms with Crippen LogP contribution in [-0.2, 0) is 0 Å². The maximum atomic E-state index is 6.05. The summed E-state index contributed by atoms with van der Waals surface area (Å²) < 4.78 is 6.05. The van der Waals surface area contributed by atoms with Crippen LogP contribution in [0, 0.1) is 17.8 Å². The van der Waals surface area contributed by atoms with E-state index in [1.807, 2.05) is 0 Å². The Bertz CT molecular complexity index is 546. The van der Waals surface area contributed by atoms with Gasteiger partial charge in [-0.25, -0.2) is 0 Å². The Balaban J connectivity index is 1.28. The summed E-state index contributed by atoms with van der Waals surface area (Å²) >= 11 is 0. The van der Waals surface area contributed by atoms with Gasteiger partial charge in [-0.1, -0.05) is 90.2 Å². The molecule has 0 N–H and O–H groups in total. The SMILES string of the molecule is CCCCCCCC1CCC(c2ccc(OCCCC3CCC(C)CC3)cc2)CC1. The van der Waals surface area contributed by atoms with E-state index in [2.05, 4.69) is 38.1 Å². The topological polar surface area (TPSA) is 9.23 Å². The van der Waals surface area contributed by atoms with Crippen LogP contribution in [0.4, 0.5) is 0 Å². The van der Waals surface area contributed by atoms with Gasteiger partial charge in [-0.15, -0.1) is 0 Å². The maximum Gasteiger partial charge on any atom is 0.119 e. The van der Waals surface area contributed by atoms with Gasteiger partial charge >= 0.3 is 0 Å². The first-order valence-corrected chi connectivity index (χ1v) is 13.5. The first kappa shape index (κ1) is 23.7. The van der Waals surface area contributed by atoms with E-state index in [-0.39, 0.29) is 0 Å². The second-order valence-corrected chi connectivity index (χ2v) is 10.6. The van der Waals surface area contributed by atoms with Gasteiger partial charge in [-0.2, -0.15) is 0 Å². The van der Waals surface area contributed by atoms with Gasteiger partial charge in [0.25, 0.3) is 0 Å². The van der Waals surface area contributed by atoms with E-state index in [0.29, 0.717) is 0 Å². The number of benzene rings is 1. The first-order chi connectivity index (χ1) is 14.7. The van der Waals surface area contributed by atoms with Crippen molar-refractivity contribution < 1.29 is 4.74 Å². The molecule has 1 aromatic rings. The molecule has 30 heavy (non-hydrogen) atoms. The Morgan fingerprint density at radius 2 is 1.30 bits per heavy atom. The van der Waals surface area contributed by atoms with Crippen molar-refractivity contribution in [2.75, 3.05) is 6.61 Å². The van der Waals surface area contributed by atoms with Gasteiger partial charge in [0.05, 0.1) is 6.61 Å². The Labute approximate surface area is 187 Å². The van der Waals surface area contributed by atoms with Crippen LogP contribution in [-0.4, -0.2) is 6.61 Å². The molecule has 2 aliphatic carbocycles. The molecule has 0 radical (unpaired) electrons. The van der Waals surface area contributed by atoms with Crippen LogP contribution in [0.1, 0.15) is 128 Å². The van der Waals surface area contributed by atoms with Crippen molar-refractivity contribution in [2.24, 2.45) is 17.8 Å². The maximum absolute atomic E-state index is 6.05. The zero-order chi connectivity index (χ0) is 21.0. The number of unbranched alkanes of at least 4 members (excludes halogenated alkanes) is 4. The van der Waals surface area contributed by atoms with Crippen LogP contribution in [0.2, 0.25) is 0 Å². The molecule has 0 aromatic heterocycles. The summed E-state index contributed by atoms with van der Waals surface area (Å²) in [5.74, 6) is 4.76. The van der Waals surface area contributed by atoms with Crippen molar-refractivity contribution in [2.45, 2.75) is 122 Å². The summed E-state index contributed by atoms with van der Waals surface area (Å²) in [4.78, 5) is 0. The van der Waals surface area contributed by atoms with Gasteiger partial charge in [-0.3, -0.25) is 0 Å². The number of rotatable bonds is 12. The van der Waals surface area contributed by atoms with Crippen LogP contribution >= 0.6 is 0 Å². The molecule has 3 rings (SSSR count). The smallest absolute Gasteiger partial charge is 0.119 e.